The molecule has 1 heterocycles. The molecule has 1 aromatic heterocycles. The van der Waals surface area contributed by atoms with Gasteiger partial charge in [0.1, 0.15) is 11.6 Å². The van der Waals surface area contributed by atoms with E-state index >= 15 is 0 Å². The van der Waals surface area contributed by atoms with Gasteiger partial charge in [0, 0.05) is 12.3 Å². The van der Waals surface area contributed by atoms with Crippen molar-refractivity contribution in [1.82, 2.24) is 9.97 Å². The summed E-state index contributed by atoms with van der Waals surface area (Å²) in [7, 11) is 1.23. The van der Waals surface area contributed by atoms with Crippen molar-refractivity contribution < 1.29 is 18.7 Å². The number of halogens is 2. The molecule has 0 aliphatic heterocycles. The molecule has 0 saturated carbocycles. The minimum Gasteiger partial charge on any atom is -0.463 e. The molecule has 19 heavy (non-hydrogen) atoms. The summed E-state index contributed by atoms with van der Waals surface area (Å²) in [4.78, 5) is 18.9. The summed E-state index contributed by atoms with van der Waals surface area (Å²) in [6.07, 6.45) is 1.37. The van der Waals surface area contributed by atoms with Crippen molar-refractivity contribution in [3.8, 4) is 11.6 Å². The summed E-state index contributed by atoms with van der Waals surface area (Å²) in [5.41, 5.74) is 0. The second-order valence-electron chi connectivity index (χ2n) is 3.39. The number of hydrogen-bond acceptors (Lipinski definition) is 5. The quantitative estimate of drug-likeness (QED) is 0.811. The van der Waals surface area contributed by atoms with Crippen LogP contribution in [0.4, 0.5) is 4.39 Å². The second kappa shape index (κ2) is 5.75. The van der Waals surface area contributed by atoms with Crippen molar-refractivity contribution in [2.45, 2.75) is 0 Å². The average Bonchev–Trinajstić information content (AvgIpc) is 2.42. The first kappa shape index (κ1) is 13.4. The first-order chi connectivity index (χ1) is 9.10. The topological polar surface area (TPSA) is 61.3 Å². The summed E-state index contributed by atoms with van der Waals surface area (Å²) >= 11 is 3.05. The average molecular weight is 327 g/mol. The smallest absolute Gasteiger partial charge is 0.376 e. The molecule has 0 spiro atoms. The third-order valence-corrected chi connectivity index (χ3v) is 2.72. The number of nitrogens with zero attached hydrogens (tertiary/aromatic N) is 2. The van der Waals surface area contributed by atoms with Crippen LogP contribution in [-0.2, 0) is 4.74 Å². The fraction of sp³-hybridized carbons (Fsp3) is 0.0833. The van der Waals surface area contributed by atoms with Crippen LogP contribution < -0.4 is 4.74 Å². The summed E-state index contributed by atoms with van der Waals surface area (Å²) < 4.78 is 23.2. The fourth-order valence-electron chi connectivity index (χ4n) is 1.25. The van der Waals surface area contributed by atoms with Gasteiger partial charge in [-0.15, -0.1) is 0 Å². The Hall–Kier alpha value is -2.02. The second-order valence-corrected chi connectivity index (χ2v) is 4.24. The lowest BCUT2D eigenvalue weighted by atomic mass is 10.3. The predicted octanol–water partition coefficient (Wildman–Crippen LogP) is 2.96. The van der Waals surface area contributed by atoms with Crippen molar-refractivity contribution in [1.29, 1.82) is 0 Å². The molecule has 5 nitrogen and oxygen atoms in total. The van der Waals surface area contributed by atoms with Crippen molar-refractivity contribution in [2.75, 3.05) is 7.11 Å². The van der Waals surface area contributed by atoms with E-state index in [-0.39, 0.29) is 16.2 Å². The molecular formula is C12H8BrFN2O3. The largest absolute Gasteiger partial charge is 0.463 e. The van der Waals surface area contributed by atoms with E-state index in [1.165, 1.54) is 37.6 Å². The molecule has 0 aliphatic carbocycles. The van der Waals surface area contributed by atoms with Crippen molar-refractivity contribution in [2.24, 2.45) is 0 Å². The third-order valence-electron chi connectivity index (χ3n) is 2.11. The molecule has 98 valence electrons. The number of carbonyl (C=O) groups excluding carboxylic acids is 1. The molecule has 0 radical (unpaired) electrons. The molecule has 0 amide bonds. The number of hydrogen-bond donors (Lipinski definition) is 0. The molecule has 0 N–H and O–H groups in total. The molecule has 0 bridgehead atoms. The van der Waals surface area contributed by atoms with E-state index in [2.05, 4.69) is 30.6 Å². The fourth-order valence-corrected chi connectivity index (χ4v) is 1.61. The van der Waals surface area contributed by atoms with Crippen LogP contribution in [0.5, 0.6) is 11.6 Å². The highest BCUT2D eigenvalue weighted by molar-refractivity contribution is 9.10. The summed E-state index contributed by atoms with van der Waals surface area (Å²) in [5.74, 6) is -0.631. The lowest BCUT2D eigenvalue weighted by molar-refractivity contribution is 0.0585. The van der Waals surface area contributed by atoms with Gasteiger partial charge in [0.25, 0.3) is 0 Å². The van der Waals surface area contributed by atoms with Gasteiger partial charge < -0.3 is 9.47 Å². The minimum absolute atomic E-state index is 0.110. The maximum atomic E-state index is 13.1. The predicted molar refractivity (Wildman–Crippen MR) is 67.5 cm³/mol. The Labute approximate surface area is 116 Å². The highest BCUT2D eigenvalue weighted by Gasteiger charge is 2.11. The molecule has 2 rings (SSSR count). The summed E-state index contributed by atoms with van der Waals surface area (Å²) in [6, 6.07) is 5.63. The molecule has 0 unspecified atom stereocenters. The Morgan fingerprint density at radius 1 is 1.37 bits per heavy atom. The zero-order valence-electron chi connectivity index (χ0n) is 9.76. The lowest BCUT2D eigenvalue weighted by Gasteiger charge is -2.06. The molecular weight excluding hydrogens is 319 g/mol. The van der Waals surface area contributed by atoms with Gasteiger partial charge in [0.15, 0.2) is 0 Å². The zero-order chi connectivity index (χ0) is 13.8. The van der Waals surface area contributed by atoms with Gasteiger partial charge in [-0.2, -0.15) is 4.98 Å². The van der Waals surface area contributed by atoms with E-state index in [1.807, 2.05) is 0 Å². The Bertz CT molecular complexity index is 622. The van der Waals surface area contributed by atoms with Gasteiger partial charge in [-0.1, -0.05) is 0 Å². The SMILES string of the molecule is COC(=O)c1nccc(Oc2ccc(F)c(Br)c2)n1. The van der Waals surface area contributed by atoms with Crippen LogP contribution in [0.1, 0.15) is 10.6 Å². The molecule has 0 aliphatic rings. The maximum Gasteiger partial charge on any atom is 0.376 e. The Morgan fingerprint density at radius 3 is 2.84 bits per heavy atom. The van der Waals surface area contributed by atoms with Crippen LogP contribution in [0.25, 0.3) is 0 Å². The number of ether oxygens (including phenoxy) is 2. The van der Waals surface area contributed by atoms with Gasteiger partial charge in [-0.05, 0) is 34.1 Å². The molecule has 0 saturated heterocycles. The standard InChI is InChI=1S/C12H8BrFN2O3/c1-18-12(17)11-15-5-4-10(16-11)19-7-2-3-9(14)8(13)6-7/h2-6H,1H3. The van der Waals surface area contributed by atoms with Crippen LogP contribution in [0.15, 0.2) is 34.9 Å². The molecule has 0 atom stereocenters. The van der Waals surface area contributed by atoms with E-state index in [0.29, 0.717) is 5.75 Å². The van der Waals surface area contributed by atoms with Gasteiger partial charge in [0.2, 0.25) is 11.7 Å². The molecule has 2 aromatic rings. The number of esters is 1. The third kappa shape index (κ3) is 3.25. The van der Waals surface area contributed by atoms with Crippen molar-refractivity contribution in [3.05, 3.63) is 46.6 Å². The number of carbonyl (C=O) groups is 1. The van der Waals surface area contributed by atoms with E-state index in [9.17, 15) is 9.18 Å². The van der Waals surface area contributed by atoms with Gasteiger partial charge in [-0.3, -0.25) is 0 Å². The number of benzene rings is 1. The number of rotatable bonds is 3. The van der Waals surface area contributed by atoms with E-state index in [0.717, 1.165) is 0 Å². The summed E-state index contributed by atoms with van der Waals surface area (Å²) in [5, 5.41) is 0. The normalized spacial score (nSPS) is 10.1. The lowest BCUT2D eigenvalue weighted by Crippen LogP contribution is -2.07. The Balaban J connectivity index is 2.23. The van der Waals surface area contributed by atoms with E-state index < -0.39 is 11.8 Å². The van der Waals surface area contributed by atoms with Crippen LogP contribution in [0, 0.1) is 5.82 Å². The zero-order valence-corrected chi connectivity index (χ0v) is 11.3. The number of aromatic nitrogens is 2. The van der Waals surface area contributed by atoms with Crippen LogP contribution >= 0.6 is 15.9 Å². The minimum atomic E-state index is -0.661. The van der Waals surface area contributed by atoms with Crippen LogP contribution in [0.2, 0.25) is 0 Å². The Kier molecular flexibility index (Phi) is 4.06. The van der Waals surface area contributed by atoms with Gasteiger partial charge >= 0.3 is 5.97 Å². The van der Waals surface area contributed by atoms with Gasteiger partial charge in [-0.25, -0.2) is 14.2 Å². The first-order valence-corrected chi connectivity index (χ1v) is 5.93. The van der Waals surface area contributed by atoms with Gasteiger partial charge in [0.05, 0.1) is 11.6 Å². The Morgan fingerprint density at radius 2 is 2.16 bits per heavy atom. The molecule has 1 aromatic carbocycles. The maximum absolute atomic E-state index is 13.1. The monoisotopic (exact) mass is 326 g/mol. The summed E-state index contributed by atoms with van der Waals surface area (Å²) in [6.45, 7) is 0. The highest BCUT2D eigenvalue weighted by Crippen LogP contribution is 2.25. The first-order valence-electron chi connectivity index (χ1n) is 5.14. The van der Waals surface area contributed by atoms with Crippen molar-refractivity contribution in [3.63, 3.8) is 0 Å². The van der Waals surface area contributed by atoms with Crippen molar-refractivity contribution >= 4 is 21.9 Å². The molecule has 0 fully saturated rings. The number of methoxy groups -OCH3 is 1. The van der Waals surface area contributed by atoms with Crippen LogP contribution in [0.3, 0.4) is 0 Å². The molecule has 7 heteroatoms. The van der Waals surface area contributed by atoms with Crippen LogP contribution in [-0.4, -0.2) is 23.0 Å². The highest BCUT2D eigenvalue weighted by atomic mass is 79.9. The van der Waals surface area contributed by atoms with E-state index in [1.54, 1.807) is 0 Å². The van der Waals surface area contributed by atoms with E-state index in [4.69, 9.17) is 4.74 Å².